The third kappa shape index (κ3) is 7.42. The van der Waals surface area contributed by atoms with Crippen molar-refractivity contribution in [2.75, 3.05) is 32.1 Å². The summed E-state index contributed by atoms with van der Waals surface area (Å²) in [5.74, 6) is 1.03. The zero-order chi connectivity index (χ0) is 14.2. The largest absolute Gasteiger partial charge is 0.378 e. The van der Waals surface area contributed by atoms with E-state index in [1.807, 2.05) is 6.92 Å². The first-order valence-corrected chi connectivity index (χ1v) is 8.55. The van der Waals surface area contributed by atoms with Gasteiger partial charge in [0, 0.05) is 31.3 Å². The Morgan fingerprint density at radius 2 is 2.43 bits per heavy atom. The molecular formula is C12H21ClN4O2S2. The fourth-order valence-corrected chi connectivity index (χ4v) is 3.67. The molecule has 1 amide bonds. The summed E-state index contributed by atoms with van der Waals surface area (Å²) >= 11 is 3.30. The number of halogens is 1. The molecule has 1 aliphatic rings. The van der Waals surface area contributed by atoms with Crippen LogP contribution in [0.2, 0.25) is 0 Å². The van der Waals surface area contributed by atoms with Crippen LogP contribution in [-0.4, -0.2) is 54.2 Å². The van der Waals surface area contributed by atoms with Crippen molar-refractivity contribution in [1.29, 1.82) is 0 Å². The SMILES string of the molecule is Cc1nnc(SCCCNC(=O)CC2COCCN2)s1.Cl. The van der Waals surface area contributed by atoms with E-state index < -0.39 is 0 Å². The molecule has 0 aliphatic carbocycles. The number of hydrogen-bond donors (Lipinski definition) is 2. The van der Waals surface area contributed by atoms with Gasteiger partial charge in [-0.2, -0.15) is 0 Å². The van der Waals surface area contributed by atoms with E-state index in [2.05, 4.69) is 20.8 Å². The van der Waals surface area contributed by atoms with Crippen LogP contribution in [0.4, 0.5) is 0 Å². The first kappa shape index (κ1) is 18.6. The van der Waals surface area contributed by atoms with E-state index >= 15 is 0 Å². The summed E-state index contributed by atoms with van der Waals surface area (Å²) in [6.07, 6.45) is 1.42. The van der Waals surface area contributed by atoms with Gasteiger partial charge >= 0.3 is 0 Å². The van der Waals surface area contributed by atoms with E-state index in [4.69, 9.17) is 4.74 Å². The maximum Gasteiger partial charge on any atom is 0.221 e. The number of carbonyl (C=O) groups excluding carboxylic acids is 1. The molecule has 1 saturated heterocycles. The highest BCUT2D eigenvalue weighted by Crippen LogP contribution is 2.21. The second-order valence-corrected chi connectivity index (χ2v) is 7.09. The van der Waals surface area contributed by atoms with Gasteiger partial charge in [0.2, 0.25) is 5.91 Å². The predicted molar refractivity (Wildman–Crippen MR) is 87.5 cm³/mol. The van der Waals surface area contributed by atoms with Gasteiger partial charge in [0.05, 0.1) is 13.2 Å². The van der Waals surface area contributed by atoms with Crippen LogP contribution >= 0.6 is 35.5 Å². The topological polar surface area (TPSA) is 76.1 Å². The fraction of sp³-hybridized carbons (Fsp3) is 0.750. The van der Waals surface area contributed by atoms with E-state index in [1.165, 1.54) is 0 Å². The van der Waals surface area contributed by atoms with Gasteiger partial charge in [-0.05, 0) is 13.3 Å². The molecule has 2 N–H and O–H groups in total. The average molecular weight is 353 g/mol. The standard InChI is InChI=1S/C12H20N4O2S2.ClH/c1-9-15-16-12(20-9)19-6-2-3-14-11(17)7-10-8-18-5-4-13-10;/h10,13H,2-8H2,1H3,(H,14,17);1H. The summed E-state index contributed by atoms with van der Waals surface area (Å²) < 4.78 is 6.32. The van der Waals surface area contributed by atoms with Gasteiger partial charge in [0.25, 0.3) is 0 Å². The Labute approximate surface area is 139 Å². The van der Waals surface area contributed by atoms with E-state index in [9.17, 15) is 4.79 Å². The highest BCUT2D eigenvalue weighted by atomic mass is 35.5. The second-order valence-electron chi connectivity index (χ2n) is 4.57. The number of thioether (sulfide) groups is 1. The van der Waals surface area contributed by atoms with E-state index in [-0.39, 0.29) is 24.4 Å². The van der Waals surface area contributed by atoms with Crippen molar-refractivity contribution in [2.24, 2.45) is 0 Å². The first-order chi connectivity index (χ1) is 9.74. The number of aromatic nitrogens is 2. The van der Waals surface area contributed by atoms with Crippen LogP contribution in [0.1, 0.15) is 17.8 Å². The summed E-state index contributed by atoms with van der Waals surface area (Å²) in [5, 5.41) is 15.2. The molecular weight excluding hydrogens is 332 g/mol. The van der Waals surface area contributed by atoms with Crippen molar-refractivity contribution < 1.29 is 9.53 Å². The fourth-order valence-electron chi connectivity index (χ4n) is 1.84. The van der Waals surface area contributed by atoms with Gasteiger partial charge in [-0.1, -0.05) is 23.1 Å². The molecule has 9 heteroatoms. The lowest BCUT2D eigenvalue weighted by Gasteiger charge is -2.23. The van der Waals surface area contributed by atoms with Gasteiger partial charge in [0.15, 0.2) is 4.34 Å². The number of carbonyl (C=O) groups is 1. The molecule has 1 aromatic heterocycles. The number of nitrogens with zero attached hydrogens (tertiary/aromatic N) is 2. The summed E-state index contributed by atoms with van der Waals surface area (Å²) in [4.78, 5) is 11.7. The number of ether oxygens (including phenoxy) is 1. The minimum Gasteiger partial charge on any atom is -0.378 e. The molecule has 0 saturated carbocycles. The molecule has 1 fully saturated rings. The third-order valence-corrected chi connectivity index (χ3v) is 4.86. The van der Waals surface area contributed by atoms with Crippen molar-refractivity contribution >= 4 is 41.4 Å². The normalized spacial score (nSPS) is 18.0. The number of morpholine rings is 1. The minimum atomic E-state index is 0. The van der Waals surface area contributed by atoms with Crippen molar-refractivity contribution in [3.63, 3.8) is 0 Å². The zero-order valence-corrected chi connectivity index (χ0v) is 14.4. The highest BCUT2D eigenvalue weighted by molar-refractivity contribution is 8.01. The maximum absolute atomic E-state index is 11.7. The molecule has 0 radical (unpaired) electrons. The van der Waals surface area contributed by atoms with Gasteiger partial charge < -0.3 is 15.4 Å². The van der Waals surface area contributed by atoms with Crippen LogP contribution in [0.15, 0.2) is 4.34 Å². The number of nitrogens with one attached hydrogen (secondary N) is 2. The molecule has 0 bridgehead atoms. The quantitative estimate of drug-likeness (QED) is 0.568. The first-order valence-electron chi connectivity index (χ1n) is 6.75. The zero-order valence-electron chi connectivity index (χ0n) is 12.0. The Morgan fingerprint density at radius 1 is 1.57 bits per heavy atom. The van der Waals surface area contributed by atoms with Crippen LogP contribution in [0.25, 0.3) is 0 Å². The molecule has 1 atom stereocenters. The Hall–Kier alpha value is -0.410. The molecule has 2 rings (SSSR count). The third-order valence-electron chi connectivity index (χ3n) is 2.81. The van der Waals surface area contributed by atoms with Crippen LogP contribution < -0.4 is 10.6 Å². The van der Waals surface area contributed by atoms with E-state index in [0.717, 1.165) is 34.7 Å². The van der Waals surface area contributed by atoms with Gasteiger partial charge in [-0.3, -0.25) is 4.79 Å². The van der Waals surface area contributed by atoms with Gasteiger partial charge in [-0.15, -0.1) is 22.6 Å². The molecule has 1 aliphatic heterocycles. The Morgan fingerprint density at radius 3 is 3.10 bits per heavy atom. The van der Waals surface area contributed by atoms with Gasteiger partial charge in [0.1, 0.15) is 5.01 Å². The van der Waals surface area contributed by atoms with Crippen molar-refractivity contribution in [3.8, 4) is 0 Å². The van der Waals surface area contributed by atoms with E-state index in [1.54, 1.807) is 23.1 Å². The Bertz CT molecular complexity index is 427. The number of aryl methyl sites for hydroxylation is 1. The summed E-state index contributed by atoms with van der Waals surface area (Å²) in [5.41, 5.74) is 0. The lowest BCUT2D eigenvalue weighted by molar-refractivity contribution is -0.122. The monoisotopic (exact) mass is 352 g/mol. The molecule has 120 valence electrons. The lowest BCUT2D eigenvalue weighted by atomic mass is 10.2. The molecule has 21 heavy (non-hydrogen) atoms. The maximum atomic E-state index is 11.7. The van der Waals surface area contributed by atoms with Crippen LogP contribution in [0.3, 0.4) is 0 Å². The Kier molecular flexibility index (Phi) is 9.18. The molecule has 0 aromatic carbocycles. The molecule has 2 heterocycles. The van der Waals surface area contributed by atoms with Crippen molar-refractivity contribution in [2.45, 2.75) is 30.1 Å². The van der Waals surface area contributed by atoms with Crippen LogP contribution in [0.5, 0.6) is 0 Å². The molecule has 1 unspecified atom stereocenters. The summed E-state index contributed by atoms with van der Waals surface area (Å²) in [7, 11) is 0. The second kappa shape index (κ2) is 10.3. The molecule has 0 spiro atoms. The van der Waals surface area contributed by atoms with Gasteiger partial charge in [-0.25, -0.2) is 0 Å². The Balaban J connectivity index is 0.00000220. The molecule has 1 aromatic rings. The lowest BCUT2D eigenvalue weighted by Crippen LogP contribution is -2.44. The van der Waals surface area contributed by atoms with Crippen LogP contribution in [0, 0.1) is 6.92 Å². The smallest absolute Gasteiger partial charge is 0.221 e. The number of hydrogen-bond acceptors (Lipinski definition) is 7. The minimum absolute atomic E-state index is 0. The summed E-state index contributed by atoms with van der Waals surface area (Å²) in [6, 6.07) is 0.155. The number of amides is 1. The molecule has 6 nitrogen and oxygen atoms in total. The van der Waals surface area contributed by atoms with Crippen LogP contribution in [-0.2, 0) is 9.53 Å². The average Bonchev–Trinajstić information content (AvgIpc) is 2.85. The highest BCUT2D eigenvalue weighted by Gasteiger charge is 2.16. The predicted octanol–water partition coefficient (Wildman–Crippen LogP) is 1.25. The number of rotatable bonds is 7. The van der Waals surface area contributed by atoms with E-state index in [0.29, 0.717) is 19.6 Å². The van der Waals surface area contributed by atoms with Crippen molar-refractivity contribution in [3.05, 3.63) is 5.01 Å². The van der Waals surface area contributed by atoms with Crippen molar-refractivity contribution in [1.82, 2.24) is 20.8 Å². The summed E-state index contributed by atoms with van der Waals surface area (Å²) in [6.45, 7) is 4.85.